The van der Waals surface area contributed by atoms with Gasteiger partial charge in [-0.2, -0.15) is 0 Å². The summed E-state index contributed by atoms with van der Waals surface area (Å²) < 4.78 is 42.8. The Kier molecular flexibility index (Phi) is 6.34. The van der Waals surface area contributed by atoms with Crippen LogP contribution >= 0.6 is 0 Å². The van der Waals surface area contributed by atoms with Gasteiger partial charge in [0.05, 0.1) is 20.3 Å². The molecule has 1 amide bonds. The van der Waals surface area contributed by atoms with E-state index < -0.39 is 11.6 Å². The number of benzene rings is 2. The molecule has 5 nitrogen and oxygen atoms in total. The lowest BCUT2D eigenvalue weighted by Crippen LogP contribution is -2.40. The second-order valence-electron chi connectivity index (χ2n) is 6.71. The molecule has 150 valence electrons. The van der Waals surface area contributed by atoms with E-state index in [0.717, 1.165) is 6.07 Å². The van der Waals surface area contributed by atoms with Crippen LogP contribution in [0.4, 0.5) is 8.78 Å². The number of hydrogen-bond acceptors (Lipinski definition) is 4. The number of carbonyl (C=O) groups is 1. The molecule has 7 heteroatoms. The fourth-order valence-electron chi connectivity index (χ4n) is 3.45. The summed E-state index contributed by atoms with van der Waals surface area (Å²) in [6.45, 7) is 0. The first-order valence-corrected chi connectivity index (χ1v) is 9.14. The van der Waals surface area contributed by atoms with Gasteiger partial charge in [0.15, 0.2) is 0 Å². The Balaban J connectivity index is 1.58. The molecule has 0 unspecified atom stereocenters. The molecule has 0 saturated heterocycles. The summed E-state index contributed by atoms with van der Waals surface area (Å²) in [6.07, 6.45) is 2.60. The molecule has 1 N–H and O–H groups in total. The molecular formula is C21H23F2NO4. The zero-order valence-electron chi connectivity index (χ0n) is 15.8. The molecule has 1 fully saturated rings. The molecule has 0 radical (unpaired) electrons. The van der Waals surface area contributed by atoms with Gasteiger partial charge < -0.3 is 19.5 Å². The number of ether oxygens (including phenoxy) is 3. The van der Waals surface area contributed by atoms with Gasteiger partial charge in [-0.1, -0.05) is 6.07 Å². The quantitative estimate of drug-likeness (QED) is 0.806. The summed E-state index contributed by atoms with van der Waals surface area (Å²) in [4.78, 5) is 12.7. The minimum absolute atomic E-state index is 0.0220. The highest BCUT2D eigenvalue weighted by Gasteiger charge is 2.26. The lowest BCUT2D eigenvalue weighted by molar-refractivity contribution is 0.0887. The van der Waals surface area contributed by atoms with Gasteiger partial charge in [0, 0.05) is 24.2 Å². The molecule has 1 aliphatic rings. The van der Waals surface area contributed by atoms with Crippen LogP contribution in [-0.2, 0) is 0 Å². The Hall–Kier alpha value is -2.83. The number of amides is 1. The maximum absolute atomic E-state index is 13.3. The minimum atomic E-state index is -0.665. The zero-order chi connectivity index (χ0) is 20.1. The van der Waals surface area contributed by atoms with Crippen molar-refractivity contribution in [3.63, 3.8) is 0 Å². The van der Waals surface area contributed by atoms with Crippen molar-refractivity contribution in [2.45, 2.75) is 37.8 Å². The molecule has 0 atom stereocenters. The summed E-state index contributed by atoms with van der Waals surface area (Å²) in [7, 11) is 3.01. The maximum Gasteiger partial charge on any atom is 0.259 e. The molecule has 28 heavy (non-hydrogen) atoms. The molecule has 1 aliphatic carbocycles. The largest absolute Gasteiger partial charge is 0.496 e. The van der Waals surface area contributed by atoms with E-state index in [0.29, 0.717) is 42.7 Å². The van der Waals surface area contributed by atoms with E-state index in [2.05, 4.69) is 5.32 Å². The van der Waals surface area contributed by atoms with Crippen molar-refractivity contribution >= 4 is 5.91 Å². The Bertz CT molecular complexity index is 793. The predicted molar refractivity (Wildman–Crippen MR) is 100 cm³/mol. The first kappa shape index (κ1) is 19.9. The molecule has 0 bridgehead atoms. The van der Waals surface area contributed by atoms with E-state index in [-0.39, 0.29) is 23.8 Å². The van der Waals surface area contributed by atoms with Gasteiger partial charge in [-0.25, -0.2) is 8.78 Å². The lowest BCUT2D eigenvalue weighted by atomic mass is 9.92. The van der Waals surface area contributed by atoms with E-state index in [1.54, 1.807) is 18.2 Å². The predicted octanol–water partition coefficient (Wildman–Crippen LogP) is 4.10. The van der Waals surface area contributed by atoms with Crippen LogP contribution in [0.3, 0.4) is 0 Å². The molecular weight excluding hydrogens is 368 g/mol. The average Bonchev–Trinajstić information content (AvgIpc) is 2.68. The van der Waals surface area contributed by atoms with Crippen molar-refractivity contribution in [2.75, 3.05) is 14.2 Å². The maximum atomic E-state index is 13.3. The number of methoxy groups -OCH3 is 2. The van der Waals surface area contributed by atoms with Crippen molar-refractivity contribution in [1.29, 1.82) is 0 Å². The van der Waals surface area contributed by atoms with Crippen molar-refractivity contribution in [3.05, 3.63) is 53.6 Å². The Morgan fingerprint density at radius 1 is 0.964 bits per heavy atom. The van der Waals surface area contributed by atoms with E-state index in [9.17, 15) is 13.6 Å². The fraction of sp³-hybridized carbons (Fsp3) is 0.381. The van der Waals surface area contributed by atoms with Gasteiger partial charge in [0.25, 0.3) is 5.91 Å². The summed E-state index contributed by atoms with van der Waals surface area (Å²) in [5.74, 6) is -0.512. The van der Waals surface area contributed by atoms with Crippen LogP contribution in [0, 0.1) is 11.6 Å². The van der Waals surface area contributed by atoms with Gasteiger partial charge >= 0.3 is 0 Å². The van der Waals surface area contributed by atoms with Crippen LogP contribution in [-0.4, -0.2) is 32.3 Å². The van der Waals surface area contributed by atoms with E-state index in [1.807, 2.05) is 0 Å². The normalized spacial score (nSPS) is 19.0. The lowest BCUT2D eigenvalue weighted by Gasteiger charge is -2.29. The van der Waals surface area contributed by atoms with Crippen LogP contribution in [0.15, 0.2) is 36.4 Å². The standard InChI is InChI=1S/C21H23F2NO4/c1-26-18-4-3-5-19(27-2)20(18)21(25)24-15-6-8-16(9-7-15)28-17-11-13(22)10-14(23)12-17/h3-5,10-12,15-16H,6-9H2,1-2H3,(H,24,25). The Labute approximate surface area is 162 Å². The van der Waals surface area contributed by atoms with Gasteiger partial charge in [-0.15, -0.1) is 0 Å². The minimum Gasteiger partial charge on any atom is -0.496 e. The summed E-state index contributed by atoms with van der Waals surface area (Å²) in [6, 6.07) is 8.31. The molecule has 1 saturated carbocycles. The Morgan fingerprint density at radius 3 is 2.07 bits per heavy atom. The van der Waals surface area contributed by atoms with Gasteiger partial charge in [0.1, 0.15) is 34.4 Å². The number of nitrogens with one attached hydrogen (secondary N) is 1. The van der Waals surface area contributed by atoms with Crippen molar-refractivity contribution in [3.8, 4) is 17.2 Å². The highest BCUT2D eigenvalue weighted by Crippen LogP contribution is 2.29. The van der Waals surface area contributed by atoms with Crippen LogP contribution in [0.25, 0.3) is 0 Å². The van der Waals surface area contributed by atoms with Gasteiger partial charge in [-0.05, 0) is 37.8 Å². The molecule has 3 rings (SSSR count). The fourth-order valence-corrected chi connectivity index (χ4v) is 3.45. The summed E-state index contributed by atoms with van der Waals surface area (Å²) >= 11 is 0. The molecule has 2 aromatic carbocycles. The number of hydrogen-bond donors (Lipinski definition) is 1. The van der Waals surface area contributed by atoms with Crippen LogP contribution < -0.4 is 19.5 Å². The summed E-state index contributed by atoms with van der Waals surface area (Å²) in [5.41, 5.74) is 0.362. The van der Waals surface area contributed by atoms with Crippen LogP contribution in [0.5, 0.6) is 17.2 Å². The van der Waals surface area contributed by atoms with Crippen LogP contribution in [0.1, 0.15) is 36.0 Å². The highest BCUT2D eigenvalue weighted by atomic mass is 19.1. The third-order valence-electron chi connectivity index (χ3n) is 4.80. The number of rotatable bonds is 6. The smallest absolute Gasteiger partial charge is 0.259 e. The molecule has 0 heterocycles. The van der Waals surface area contributed by atoms with E-state index in [1.165, 1.54) is 26.4 Å². The first-order valence-electron chi connectivity index (χ1n) is 9.14. The van der Waals surface area contributed by atoms with Crippen LogP contribution in [0.2, 0.25) is 0 Å². The van der Waals surface area contributed by atoms with Gasteiger partial charge in [-0.3, -0.25) is 4.79 Å². The third kappa shape index (κ3) is 4.71. The number of halogens is 2. The monoisotopic (exact) mass is 391 g/mol. The molecule has 0 spiro atoms. The van der Waals surface area contributed by atoms with Crippen molar-refractivity contribution in [2.24, 2.45) is 0 Å². The first-order chi connectivity index (χ1) is 13.5. The Morgan fingerprint density at radius 2 is 1.54 bits per heavy atom. The third-order valence-corrected chi connectivity index (χ3v) is 4.80. The summed E-state index contributed by atoms with van der Waals surface area (Å²) in [5, 5.41) is 3.01. The van der Waals surface area contributed by atoms with E-state index >= 15 is 0 Å². The second-order valence-corrected chi connectivity index (χ2v) is 6.71. The van der Waals surface area contributed by atoms with Crippen molar-refractivity contribution < 1.29 is 27.8 Å². The zero-order valence-corrected chi connectivity index (χ0v) is 15.8. The SMILES string of the molecule is COc1cccc(OC)c1C(=O)NC1CCC(Oc2cc(F)cc(F)c2)CC1. The van der Waals surface area contributed by atoms with Gasteiger partial charge in [0.2, 0.25) is 0 Å². The topological polar surface area (TPSA) is 56.8 Å². The highest BCUT2D eigenvalue weighted by molar-refractivity contribution is 5.99. The second kappa shape index (κ2) is 8.91. The molecule has 2 aromatic rings. The average molecular weight is 391 g/mol. The number of carbonyl (C=O) groups excluding carboxylic acids is 1. The van der Waals surface area contributed by atoms with E-state index in [4.69, 9.17) is 14.2 Å². The molecule has 0 aromatic heterocycles. The molecule has 0 aliphatic heterocycles. The van der Waals surface area contributed by atoms with Crippen molar-refractivity contribution in [1.82, 2.24) is 5.32 Å².